The summed E-state index contributed by atoms with van der Waals surface area (Å²) in [5.41, 5.74) is 1.39. The van der Waals surface area contributed by atoms with Crippen molar-refractivity contribution < 1.29 is 0 Å². The minimum absolute atomic E-state index is 0.457. The van der Waals surface area contributed by atoms with Crippen LogP contribution in [0.25, 0.3) is 0 Å². The van der Waals surface area contributed by atoms with E-state index in [4.69, 9.17) is 4.98 Å². The van der Waals surface area contributed by atoms with Gasteiger partial charge in [0.2, 0.25) is 0 Å². The quantitative estimate of drug-likeness (QED) is 0.871. The van der Waals surface area contributed by atoms with E-state index in [1.54, 1.807) is 4.88 Å². The van der Waals surface area contributed by atoms with E-state index >= 15 is 0 Å². The van der Waals surface area contributed by atoms with Gasteiger partial charge in [0.1, 0.15) is 5.01 Å². The van der Waals surface area contributed by atoms with E-state index in [1.165, 1.54) is 55.6 Å². The minimum atomic E-state index is 0.457. The van der Waals surface area contributed by atoms with Crippen molar-refractivity contribution in [3.63, 3.8) is 0 Å². The summed E-state index contributed by atoms with van der Waals surface area (Å²) < 4.78 is 0. The summed E-state index contributed by atoms with van der Waals surface area (Å²) in [4.78, 5) is 6.34. The molecule has 0 saturated heterocycles. The normalized spacial score (nSPS) is 22.6. The molecule has 2 aliphatic rings. The lowest BCUT2D eigenvalue weighted by Crippen LogP contribution is -2.28. The molecular weight excluding hydrogens is 216 g/mol. The highest BCUT2D eigenvalue weighted by molar-refractivity contribution is 7.11. The zero-order valence-corrected chi connectivity index (χ0v) is 10.8. The molecular formula is C13H20N2S. The van der Waals surface area contributed by atoms with Gasteiger partial charge in [-0.3, -0.25) is 0 Å². The van der Waals surface area contributed by atoms with Crippen LogP contribution in [0.4, 0.5) is 0 Å². The third-order valence-corrected chi connectivity index (χ3v) is 5.16. The molecule has 0 aliphatic heterocycles. The first-order valence-corrected chi connectivity index (χ1v) is 7.39. The molecule has 0 aromatic carbocycles. The van der Waals surface area contributed by atoms with Gasteiger partial charge in [0.15, 0.2) is 0 Å². The molecule has 2 aliphatic carbocycles. The maximum absolute atomic E-state index is 4.79. The Morgan fingerprint density at radius 1 is 1.25 bits per heavy atom. The van der Waals surface area contributed by atoms with Gasteiger partial charge in [0, 0.05) is 10.9 Å². The van der Waals surface area contributed by atoms with Crippen molar-refractivity contribution in [2.75, 3.05) is 0 Å². The fourth-order valence-electron chi connectivity index (χ4n) is 2.91. The number of aryl methyl sites for hydroxylation is 2. The number of fused-ring (bicyclic) bond motifs is 1. The van der Waals surface area contributed by atoms with Gasteiger partial charge in [-0.1, -0.05) is 12.8 Å². The van der Waals surface area contributed by atoms with Crippen LogP contribution in [0.5, 0.6) is 0 Å². The fraction of sp³-hybridized carbons (Fsp3) is 0.769. The van der Waals surface area contributed by atoms with Crippen molar-refractivity contribution in [1.29, 1.82) is 0 Å². The van der Waals surface area contributed by atoms with Gasteiger partial charge in [-0.15, -0.1) is 11.3 Å². The summed E-state index contributed by atoms with van der Waals surface area (Å²) in [6.07, 6.45) is 9.31. The SMILES string of the molecule is CC(NC1CCCC1)c1nc2c(s1)CCC2. The molecule has 1 saturated carbocycles. The molecule has 1 aromatic rings. The smallest absolute Gasteiger partial charge is 0.110 e. The van der Waals surface area contributed by atoms with Crippen molar-refractivity contribution in [3.05, 3.63) is 15.6 Å². The highest BCUT2D eigenvalue weighted by atomic mass is 32.1. The molecule has 1 aromatic heterocycles. The van der Waals surface area contributed by atoms with Gasteiger partial charge in [-0.05, 0) is 39.0 Å². The lowest BCUT2D eigenvalue weighted by atomic mass is 10.2. The van der Waals surface area contributed by atoms with Crippen LogP contribution < -0.4 is 5.32 Å². The summed E-state index contributed by atoms with van der Waals surface area (Å²) in [5, 5.41) is 5.05. The Kier molecular flexibility index (Phi) is 2.99. The van der Waals surface area contributed by atoms with Gasteiger partial charge in [0.05, 0.1) is 11.7 Å². The van der Waals surface area contributed by atoms with Crippen LogP contribution >= 0.6 is 11.3 Å². The molecule has 0 amide bonds. The minimum Gasteiger partial charge on any atom is -0.305 e. The predicted molar refractivity (Wildman–Crippen MR) is 67.9 cm³/mol. The summed E-state index contributed by atoms with van der Waals surface area (Å²) in [7, 11) is 0. The van der Waals surface area contributed by atoms with E-state index in [0.717, 1.165) is 6.04 Å². The first-order valence-electron chi connectivity index (χ1n) is 6.57. The summed E-state index contributed by atoms with van der Waals surface area (Å²) in [6, 6.07) is 1.20. The lowest BCUT2D eigenvalue weighted by Gasteiger charge is -2.17. The van der Waals surface area contributed by atoms with E-state index in [0.29, 0.717) is 6.04 Å². The molecule has 3 rings (SSSR count). The van der Waals surface area contributed by atoms with E-state index in [2.05, 4.69) is 12.2 Å². The van der Waals surface area contributed by atoms with Gasteiger partial charge in [0.25, 0.3) is 0 Å². The molecule has 3 heteroatoms. The number of nitrogens with one attached hydrogen (secondary N) is 1. The Hall–Kier alpha value is -0.410. The Morgan fingerprint density at radius 2 is 2.06 bits per heavy atom. The zero-order chi connectivity index (χ0) is 11.0. The second kappa shape index (κ2) is 4.46. The summed E-state index contributed by atoms with van der Waals surface area (Å²) >= 11 is 1.94. The predicted octanol–water partition coefficient (Wildman–Crippen LogP) is 3.23. The molecule has 0 spiro atoms. The third kappa shape index (κ3) is 2.03. The highest BCUT2D eigenvalue weighted by Gasteiger charge is 2.22. The van der Waals surface area contributed by atoms with Crippen molar-refractivity contribution in [2.45, 2.75) is 64.0 Å². The van der Waals surface area contributed by atoms with Crippen LogP contribution in [0.2, 0.25) is 0 Å². The first kappa shape index (κ1) is 10.7. The average Bonchev–Trinajstić information content (AvgIpc) is 2.91. The van der Waals surface area contributed by atoms with E-state index in [9.17, 15) is 0 Å². The van der Waals surface area contributed by atoms with Gasteiger partial charge >= 0.3 is 0 Å². The number of thiazole rings is 1. The lowest BCUT2D eigenvalue weighted by molar-refractivity contribution is 0.460. The second-order valence-electron chi connectivity index (χ2n) is 5.15. The Morgan fingerprint density at radius 3 is 2.81 bits per heavy atom. The fourth-order valence-corrected chi connectivity index (χ4v) is 4.08. The Balaban J connectivity index is 1.66. The Labute approximate surface area is 101 Å². The zero-order valence-electron chi connectivity index (χ0n) is 9.96. The number of nitrogens with zero attached hydrogens (tertiary/aromatic N) is 1. The third-order valence-electron chi connectivity index (χ3n) is 3.82. The van der Waals surface area contributed by atoms with E-state index < -0.39 is 0 Å². The highest BCUT2D eigenvalue weighted by Crippen LogP contribution is 2.31. The average molecular weight is 236 g/mol. The molecule has 16 heavy (non-hydrogen) atoms. The molecule has 1 fully saturated rings. The van der Waals surface area contributed by atoms with Crippen LogP contribution in [0.15, 0.2) is 0 Å². The molecule has 88 valence electrons. The van der Waals surface area contributed by atoms with Gasteiger partial charge < -0.3 is 5.32 Å². The molecule has 0 radical (unpaired) electrons. The first-order chi connectivity index (χ1) is 7.83. The van der Waals surface area contributed by atoms with Crippen molar-refractivity contribution in [2.24, 2.45) is 0 Å². The van der Waals surface area contributed by atoms with Crippen LogP contribution in [0.1, 0.15) is 60.6 Å². The second-order valence-corrected chi connectivity index (χ2v) is 6.26. The number of hydrogen-bond donors (Lipinski definition) is 1. The van der Waals surface area contributed by atoms with Crippen LogP contribution in [0.3, 0.4) is 0 Å². The standard InChI is InChI=1S/C13H20N2S/c1-9(14-10-5-2-3-6-10)13-15-11-7-4-8-12(11)16-13/h9-10,14H,2-8H2,1H3. The largest absolute Gasteiger partial charge is 0.305 e. The Bertz CT molecular complexity index is 345. The number of aromatic nitrogens is 1. The van der Waals surface area contributed by atoms with Gasteiger partial charge in [-0.2, -0.15) is 0 Å². The van der Waals surface area contributed by atoms with Crippen LogP contribution in [-0.2, 0) is 12.8 Å². The molecule has 2 nitrogen and oxygen atoms in total. The van der Waals surface area contributed by atoms with Crippen molar-refractivity contribution in [3.8, 4) is 0 Å². The van der Waals surface area contributed by atoms with Crippen LogP contribution in [-0.4, -0.2) is 11.0 Å². The van der Waals surface area contributed by atoms with Gasteiger partial charge in [-0.25, -0.2) is 4.98 Å². The summed E-state index contributed by atoms with van der Waals surface area (Å²) in [6.45, 7) is 2.27. The molecule has 1 atom stereocenters. The van der Waals surface area contributed by atoms with Crippen molar-refractivity contribution >= 4 is 11.3 Å². The van der Waals surface area contributed by atoms with Crippen molar-refractivity contribution in [1.82, 2.24) is 10.3 Å². The summed E-state index contributed by atoms with van der Waals surface area (Å²) in [5.74, 6) is 0. The molecule has 1 N–H and O–H groups in total. The number of rotatable bonds is 3. The molecule has 1 heterocycles. The monoisotopic (exact) mass is 236 g/mol. The van der Waals surface area contributed by atoms with E-state index in [-0.39, 0.29) is 0 Å². The maximum atomic E-state index is 4.79. The molecule has 0 bridgehead atoms. The maximum Gasteiger partial charge on any atom is 0.110 e. The van der Waals surface area contributed by atoms with Crippen LogP contribution in [0, 0.1) is 0 Å². The molecule has 1 unspecified atom stereocenters. The van der Waals surface area contributed by atoms with E-state index in [1.807, 2.05) is 11.3 Å². The number of hydrogen-bond acceptors (Lipinski definition) is 3. The topological polar surface area (TPSA) is 24.9 Å².